The minimum atomic E-state index is -0.0259. The molecule has 0 bridgehead atoms. The van der Waals surface area contributed by atoms with E-state index in [9.17, 15) is 4.79 Å². The third kappa shape index (κ3) is 4.86. The van der Waals surface area contributed by atoms with Crippen molar-refractivity contribution < 1.29 is 14.3 Å². The van der Waals surface area contributed by atoms with Gasteiger partial charge in [-0.15, -0.1) is 0 Å². The first-order valence-electron chi connectivity index (χ1n) is 7.85. The zero-order valence-corrected chi connectivity index (χ0v) is 13.2. The van der Waals surface area contributed by atoms with Crippen LogP contribution in [-0.4, -0.2) is 32.4 Å². The van der Waals surface area contributed by atoms with Crippen LogP contribution in [-0.2, 0) is 17.8 Å². The number of amides is 1. The van der Waals surface area contributed by atoms with Crippen LogP contribution in [0.4, 0.5) is 4.79 Å². The number of ether oxygens (including phenoxy) is 2. The van der Waals surface area contributed by atoms with Gasteiger partial charge in [-0.2, -0.15) is 0 Å². The van der Waals surface area contributed by atoms with E-state index in [0.29, 0.717) is 6.61 Å². The fourth-order valence-corrected chi connectivity index (χ4v) is 2.58. The molecule has 2 aromatic rings. The van der Waals surface area contributed by atoms with Crippen molar-refractivity contribution in [3.63, 3.8) is 0 Å². The van der Waals surface area contributed by atoms with E-state index in [0.717, 1.165) is 29.9 Å². The van der Waals surface area contributed by atoms with Crippen LogP contribution in [0.15, 0.2) is 54.6 Å². The van der Waals surface area contributed by atoms with Gasteiger partial charge in [-0.3, -0.25) is 4.79 Å². The monoisotopic (exact) mass is 309 g/mol. The van der Waals surface area contributed by atoms with E-state index in [-0.39, 0.29) is 18.0 Å². The second kappa shape index (κ2) is 7.33. The summed E-state index contributed by atoms with van der Waals surface area (Å²) in [5.74, 6) is 0.812. The number of carbonyl (C=O) groups excluding carboxylic acids is 1. The summed E-state index contributed by atoms with van der Waals surface area (Å²) in [6, 6.07) is 18.1. The summed E-state index contributed by atoms with van der Waals surface area (Å²) in [6.45, 7) is 1.26. The second-order valence-electron chi connectivity index (χ2n) is 5.80. The van der Waals surface area contributed by atoms with E-state index in [1.807, 2.05) is 54.6 Å². The molecule has 0 saturated carbocycles. The zero-order chi connectivity index (χ0) is 16.1. The number of epoxide rings is 1. The van der Waals surface area contributed by atoms with Crippen LogP contribution in [0.25, 0.3) is 0 Å². The topological polar surface area (TPSA) is 50.9 Å². The molecule has 0 aromatic heterocycles. The van der Waals surface area contributed by atoms with Crippen molar-refractivity contribution in [2.24, 2.45) is 0 Å². The predicted octanol–water partition coefficient (Wildman–Crippen LogP) is 1.92. The summed E-state index contributed by atoms with van der Waals surface area (Å²) in [6.07, 6.45) is 0.875. The molecule has 118 valence electrons. The van der Waals surface area contributed by atoms with Gasteiger partial charge in [-0.25, -0.2) is 0 Å². The summed E-state index contributed by atoms with van der Waals surface area (Å²) in [7, 11) is 1.54. The number of hydrogen-bond donors (Lipinski definition) is 1. The summed E-state index contributed by atoms with van der Waals surface area (Å²) < 4.78 is 11.2. The second-order valence-corrected chi connectivity index (χ2v) is 5.80. The molecule has 0 aliphatic carbocycles. The Morgan fingerprint density at radius 2 is 1.96 bits per heavy atom. The maximum atomic E-state index is 11.3. The first-order valence-corrected chi connectivity index (χ1v) is 7.85. The third-order valence-electron chi connectivity index (χ3n) is 3.80. The number of rotatable bonds is 7. The standard InChI is InChI=1S/C18H20BNO3/c19-18(21)20-16(17-12-23-17)10-14-7-4-8-15(9-14)22-11-13-5-2-1-3-6-13/h1-9,16-17H,10-12,19H2,(H,20,21)/t16-,17-/m1/s1. The summed E-state index contributed by atoms with van der Waals surface area (Å²) >= 11 is 0. The Balaban J connectivity index is 1.61. The minimum absolute atomic E-state index is 0.0249. The van der Waals surface area contributed by atoms with Gasteiger partial charge in [0.05, 0.1) is 12.6 Å². The van der Waals surface area contributed by atoms with Gasteiger partial charge in [0.1, 0.15) is 18.5 Å². The highest BCUT2D eigenvalue weighted by atomic mass is 16.6. The number of carbonyl (C=O) groups is 1. The smallest absolute Gasteiger partial charge is 0.215 e. The van der Waals surface area contributed by atoms with Crippen LogP contribution in [0.3, 0.4) is 0 Å². The van der Waals surface area contributed by atoms with Gasteiger partial charge in [-0.05, 0) is 29.7 Å². The molecule has 5 heteroatoms. The largest absolute Gasteiger partial charge is 0.489 e. The maximum absolute atomic E-state index is 11.3. The molecule has 1 amide bonds. The molecule has 3 rings (SSSR count). The van der Waals surface area contributed by atoms with E-state index < -0.39 is 0 Å². The first kappa shape index (κ1) is 15.6. The minimum Gasteiger partial charge on any atom is -0.489 e. The van der Waals surface area contributed by atoms with Crippen LogP contribution in [0, 0.1) is 0 Å². The molecule has 1 heterocycles. The molecule has 2 atom stereocenters. The zero-order valence-electron chi connectivity index (χ0n) is 13.2. The Hall–Kier alpha value is -2.27. The predicted molar refractivity (Wildman–Crippen MR) is 91.5 cm³/mol. The Bertz CT molecular complexity index is 658. The maximum Gasteiger partial charge on any atom is 0.215 e. The van der Waals surface area contributed by atoms with Crippen molar-refractivity contribution in [1.29, 1.82) is 0 Å². The molecule has 2 aromatic carbocycles. The Morgan fingerprint density at radius 1 is 1.22 bits per heavy atom. The van der Waals surface area contributed by atoms with Crippen molar-refractivity contribution >= 4 is 13.7 Å². The van der Waals surface area contributed by atoms with Gasteiger partial charge in [-0.1, -0.05) is 42.5 Å². The molecular weight excluding hydrogens is 289 g/mol. The average molecular weight is 309 g/mol. The van der Waals surface area contributed by atoms with Crippen molar-refractivity contribution in [2.75, 3.05) is 6.61 Å². The highest BCUT2D eigenvalue weighted by Crippen LogP contribution is 2.21. The lowest BCUT2D eigenvalue weighted by atomic mass is 10.0. The summed E-state index contributed by atoms with van der Waals surface area (Å²) in [5, 5.41) is 2.96. The molecule has 1 aliphatic heterocycles. The molecule has 1 fully saturated rings. The molecule has 1 aliphatic rings. The molecule has 1 N–H and O–H groups in total. The van der Waals surface area contributed by atoms with Crippen molar-refractivity contribution in [1.82, 2.24) is 5.32 Å². The first-order chi connectivity index (χ1) is 11.2. The van der Waals surface area contributed by atoms with E-state index in [2.05, 4.69) is 5.32 Å². The number of hydrogen-bond acceptors (Lipinski definition) is 3. The van der Waals surface area contributed by atoms with Crippen LogP contribution < -0.4 is 10.1 Å². The van der Waals surface area contributed by atoms with Crippen LogP contribution >= 0.6 is 0 Å². The van der Waals surface area contributed by atoms with E-state index in [1.165, 1.54) is 7.85 Å². The van der Waals surface area contributed by atoms with Crippen molar-refractivity contribution in [3.05, 3.63) is 65.7 Å². The highest BCUT2D eigenvalue weighted by molar-refractivity contribution is 6.57. The third-order valence-corrected chi connectivity index (χ3v) is 3.80. The lowest BCUT2D eigenvalue weighted by Gasteiger charge is -2.16. The quantitative estimate of drug-likeness (QED) is 0.628. The Labute approximate surface area is 137 Å². The van der Waals surface area contributed by atoms with Crippen LogP contribution in [0.2, 0.25) is 0 Å². The van der Waals surface area contributed by atoms with Crippen LogP contribution in [0.1, 0.15) is 11.1 Å². The summed E-state index contributed by atoms with van der Waals surface area (Å²) in [4.78, 5) is 11.3. The SMILES string of the molecule is BC(=O)N[C@H](Cc1cccc(OCc2ccccc2)c1)[C@H]1CO1. The van der Waals surface area contributed by atoms with E-state index >= 15 is 0 Å². The summed E-state index contributed by atoms with van der Waals surface area (Å²) in [5.41, 5.74) is 2.27. The molecule has 0 radical (unpaired) electrons. The average Bonchev–Trinajstić information content (AvgIpc) is 3.38. The van der Waals surface area contributed by atoms with Crippen molar-refractivity contribution in [3.8, 4) is 5.75 Å². The fraction of sp³-hybridized carbons (Fsp3) is 0.278. The lowest BCUT2D eigenvalue weighted by Crippen LogP contribution is -2.39. The Morgan fingerprint density at radius 3 is 2.65 bits per heavy atom. The van der Waals surface area contributed by atoms with Gasteiger partial charge in [0.2, 0.25) is 7.85 Å². The van der Waals surface area contributed by atoms with E-state index in [4.69, 9.17) is 9.47 Å². The molecule has 23 heavy (non-hydrogen) atoms. The molecule has 0 spiro atoms. The van der Waals surface area contributed by atoms with Crippen molar-refractivity contribution in [2.45, 2.75) is 25.2 Å². The van der Waals surface area contributed by atoms with Crippen LogP contribution in [0.5, 0.6) is 5.75 Å². The molecule has 1 saturated heterocycles. The van der Waals surface area contributed by atoms with E-state index in [1.54, 1.807) is 0 Å². The van der Waals surface area contributed by atoms with Gasteiger partial charge in [0.25, 0.3) is 0 Å². The van der Waals surface area contributed by atoms with Gasteiger partial charge in [0.15, 0.2) is 5.81 Å². The Kier molecular flexibility index (Phi) is 4.98. The normalized spacial score (nSPS) is 17.3. The molecule has 4 nitrogen and oxygen atoms in total. The molecular formula is C18H20BNO3. The lowest BCUT2D eigenvalue weighted by molar-refractivity contribution is 0.251. The number of nitrogens with one attached hydrogen (secondary N) is 1. The number of benzene rings is 2. The van der Waals surface area contributed by atoms with Gasteiger partial charge in [0, 0.05) is 0 Å². The highest BCUT2D eigenvalue weighted by Gasteiger charge is 2.33. The van der Waals surface area contributed by atoms with Gasteiger partial charge >= 0.3 is 0 Å². The fourth-order valence-electron chi connectivity index (χ4n) is 2.58. The molecule has 0 unspecified atom stereocenters. The van der Waals surface area contributed by atoms with Gasteiger partial charge < -0.3 is 14.8 Å².